The van der Waals surface area contributed by atoms with Crippen LogP contribution in [-0.4, -0.2) is 25.1 Å². The number of nitrogens with two attached hydrogens (primary N) is 1. The molecule has 18 heavy (non-hydrogen) atoms. The summed E-state index contributed by atoms with van der Waals surface area (Å²) >= 11 is 3.18. The monoisotopic (exact) mass is 286 g/mol. The summed E-state index contributed by atoms with van der Waals surface area (Å²) in [7, 11) is 0. The largest absolute Gasteiger partial charge is 0.396 e. The maximum Gasteiger partial charge on any atom is 0.174 e. The van der Waals surface area contributed by atoms with E-state index in [0.717, 1.165) is 34.3 Å². The molecule has 1 heterocycles. The number of ketones is 1. The number of rotatable bonds is 7. The van der Waals surface area contributed by atoms with Crippen molar-refractivity contribution in [2.45, 2.75) is 38.5 Å². The van der Waals surface area contributed by atoms with Crippen molar-refractivity contribution < 1.29 is 4.79 Å². The molecule has 0 aliphatic rings. The molecule has 0 unspecified atom stereocenters. The van der Waals surface area contributed by atoms with E-state index in [9.17, 15) is 4.79 Å². The van der Waals surface area contributed by atoms with Crippen LogP contribution in [0.4, 0.5) is 10.7 Å². The first-order chi connectivity index (χ1) is 8.60. The molecule has 1 aromatic rings. The van der Waals surface area contributed by atoms with Crippen LogP contribution in [0.3, 0.4) is 0 Å². The highest BCUT2D eigenvalue weighted by atomic mass is 32.2. The summed E-state index contributed by atoms with van der Waals surface area (Å²) in [5, 5.41) is 1.15. The molecule has 1 rings (SSSR count). The number of hydrogen-bond acceptors (Lipinski definition) is 5. The minimum absolute atomic E-state index is 0.145. The van der Waals surface area contributed by atoms with Crippen molar-refractivity contribution in [3.8, 4) is 0 Å². The molecule has 0 aromatic carbocycles. The minimum atomic E-state index is 0.145. The highest BCUT2D eigenvalue weighted by Gasteiger charge is 2.22. The van der Waals surface area contributed by atoms with Gasteiger partial charge in [0.05, 0.1) is 15.5 Å². The van der Waals surface area contributed by atoms with Crippen LogP contribution in [0.1, 0.15) is 43.3 Å². The number of nitrogen functional groups attached to an aromatic ring is 1. The van der Waals surface area contributed by atoms with Gasteiger partial charge in [-0.2, -0.15) is 0 Å². The lowest BCUT2D eigenvalue weighted by Gasteiger charge is -2.21. The molecule has 0 aliphatic carbocycles. The van der Waals surface area contributed by atoms with Gasteiger partial charge in [0.25, 0.3) is 0 Å². The number of nitrogens with zero attached hydrogens (tertiary/aromatic N) is 1. The van der Waals surface area contributed by atoms with Gasteiger partial charge in [-0.25, -0.2) is 0 Å². The van der Waals surface area contributed by atoms with Crippen LogP contribution in [0.15, 0.2) is 4.90 Å². The molecule has 0 aliphatic heterocycles. The molecule has 0 atom stereocenters. The molecule has 0 saturated carbocycles. The van der Waals surface area contributed by atoms with E-state index in [4.69, 9.17) is 5.73 Å². The zero-order chi connectivity index (χ0) is 13.7. The summed E-state index contributed by atoms with van der Waals surface area (Å²) in [5.41, 5.74) is 6.79. The Hall–Kier alpha value is -0.680. The van der Waals surface area contributed by atoms with Crippen molar-refractivity contribution in [2.75, 3.05) is 30.0 Å². The van der Waals surface area contributed by atoms with E-state index < -0.39 is 0 Å². The van der Waals surface area contributed by atoms with E-state index in [0.29, 0.717) is 12.1 Å². The van der Waals surface area contributed by atoms with Crippen LogP contribution >= 0.6 is 23.1 Å². The van der Waals surface area contributed by atoms with Crippen LogP contribution in [-0.2, 0) is 0 Å². The second-order valence-electron chi connectivity index (χ2n) is 4.04. The van der Waals surface area contributed by atoms with Crippen molar-refractivity contribution >= 4 is 39.6 Å². The molecule has 102 valence electrons. The number of anilines is 2. The molecule has 0 saturated heterocycles. The van der Waals surface area contributed by atoms with Gasteiger partial charge in [-0.15, -0.1) is 23.1 Å². The van der Waals surface area contributed by atoms with Gasteiger partial charge in [-0.1, -0.05) is 13.8 Å². The van der Waals surface area contributed by atoms with Crippen LogP contribution in [0.5, 0.6) is 0 Å². The summed E-state index contributed by atoms with van der Waals surface area (Å²) in [6, 6.07) is 0. The highest BCUT2D eigenvalue weighted by Crippen LogP contribution is 2.44. The third kappa shape index (κ3) is 3.01. The fraction of sp³-hybridized carbons (Fsp3) is 0.615. The lowest BCUT2D eigenvalue weighted by molar-refractivity contribution is 0.0992. The number of hydrogen-bond donors (Lipinski definition) is 1. The second kappa shape index (κ2) is 7.04. The van der Waals surface area contributed by atoms with E-state index in [1.54, 1.807) is 23.1 Å². The van der Waals surface area contributed by atoms with E-state index in [2.05, 4.69) is 18.7 Å². The van der Waals surface area contributed by atoms with Crippen molar-refractivity contribution in [1.29, 1.82) is 0 Å². The number of carbonyl (C=O) groups is 1. The normalized spacial score (nSPS) is 10.7. The summed E-state index contributed by atoms with van der Waals surface area (Å²) < 4.78 is 0. The standard InChI is InChI=1S/C13H22N2OS2/c1-5-8-15(7-3)13-12(17-4)10(14)11(18-13)9(16)6-2/h5-8,14H2,1-4H3. The number of carbonyl (C=O) groups excluding carboxylic acids is 1. The van der Waals surface area contributed by atoms with Crippen molar-refractivity contribution in [1.82, 2.24) is 0 Å². The van der Waals surface area contributed by atoms with Gasteiger partial charge in [0.2, 0.25) is 0 Å². The van der Waals surface area contributed by atoms with Gasteiger partial charge in [0, 0.05) is 19.5 Å². The molecule has 0 fully saturated rings. The SMILES string of the molecule is CCCN(CC)c1sc(C(=O)CC)c(N)c1SC. The lowest BCUT2D eigenvalue weighted by Crippen LogP contribution is -2.22. The van der Waals surface area contributed by atoms with Crippen LogP contribution in [0.25, 0.3) is 0 Å². The van der Waals surface area contributed by atoms with Crippen LogP contribution < -0.4 is 10.6 Å². The van der Waals surface area contributed by atoms with Crippen molar-refractivity contribution in [3.05, 3.63) is 4.88 Å². The molecular formula is C13H22N2OS2. The predicted molar refractivity (Wildman–Crippen MR) is 83.3 cm³/mol. The molecule has 2 N–H and O–H groups in total. The summed E-state index contributed by atoms with van der Waals surface area (Å²) in [5.74, 6) is 0.145. The van der Waals surface area contributed by atoms with Gasteiger partial charge in [0.1, 0.15) is 5.00 Å². The summed E-state index contributed by atoms with van der Waals surface area (Å²) in [6.45, 7) is 8.13. The maximum absolute atomic E-state index is 11.9. The second-order valence-corrected chi connectivity index (χ2v) is 5.86. The average Bonchev–Trinajstić information content (AvgIpc) is 2.71. The van der Waals surface area contributed by atoms with Crippen molar-refractivity contribution in [2.24, 2.45) is 0 Å². The molecular weight excluding hydrogens is 264 g/mol. The summed E-state index contributed by atoms with van der Waals surface area (Å²) in [6.07, 6.45) is 3.62. The van der Waals surface area contributed by atoms with Crippen LogP contribution in [0.2, 0.25) is 0 Å². The number of thiophene rings is 1. The summed E-state index contributed by atoms with van der Waals surface area (Å²) in [4.78, 5) is 16.0. The molecule has 5 heteroatoms. The molecule has 1 aromatic heterocycles. The fourth-order valence-corrected chi connectivity index (χ4v) is 4.14. The first-order valence-electron chi connectivity index (χ1n) is 6.34. The topological polar surface area (TPSA) is 46.3 Å². The third-order valence-corrected chi connectivity index (χ3v) is 5.08. The molecule has 0 radical (unpaired) electrons. The number of thioether (sulfide) groups is 1. The molecule has 0 amide bonds. The predicted octanol–water partition coefficient (Wildman–Crippen LogP) is 3.88. The Labute approximate surface area is 118 Å². The van der Waals surface area contributed by atoms with Crippen LogP contribution in [0, 0.1) is 0 Å². The van der Waals surface area contributed by atoms with Gasteiger partial charge in [-0.3, -0.25) is 4.79 Å². The fourth-order valence-electron chi connectivity index (χ4n) is 1.86. The maximum atomic E-state index is 11.9. The Morgan fingerprint density at radius 2 is 2.06 bits per heavy atom. The van der Waals surface area contributed by atoms with Gasteiger partial charge in [-0.05, 0) is 19.6 Å². The Morgan fingerprint density at radius 3 is 2.50 bits per heavy atom. The smallest absolute Gasteiger partial charge is 0.174 e. The zero-order valence-electron chi connectivity index (χ0n) is 11.6. The Bertz CT molecular complexity index is 415. The molecule has 0 bridgehead atoms. The first-order valence-corrected chi connectivity index (χ1v) is 8.39. The zero-order valence-corrected chi connectivity index (χ0v) is 13.2. The van der Waals surface area contributed by atoms with Gasteiger partial charge in [0.15, 0.2) is 5.78 Å². The van der Waals surface area contributed by atoms with E-state index in [1.807, 2.05) is 13.2 Å². The van der Waals surface area contributed by atoms with E-state index in [-0.39, 0.29) is 5.78 Å². The minimum Gasteiger partial charge on any atom is -0.396 e. The Kier molecular flexibility index (Phi) is 6.02. The van der Waals surface area contributed by atoms with E-state index >= 15 is 0 Å². The Balaban J connectivity index is 3.22. The van der Waals surface area contributed by atoms with Gasteiger partial charge < -0.3 is 10.6 Å². The van der Waals surface area contributed by atoms with Gasteiger partial charge >= 0.3 is 0 Å². The first kappa shape index (κ1) is 15.4. The highest BCUT2D eigenvalue weighted by molar-refractivity contribution is 7.99. The number of Topliss-reactive ketones (excluding diaryl/α,β-unsaturated/α-hetero) is 1. The average molecular weight is 286 g/mol. The quantitative estimate of drug-likeness (QED) is 0.610. The Morgan fingerprint density at radius 1 is 1.39 bits per heavy atom. The molecule has 0 spiro atoms. The van der Waals surface area contributed by atoms with Crippen molar-refractivity contribution in [3.63, 3.8) is 0 Å². The lowest BCUT2D eigenvalue weighted by atomic mass is 10.2. The molecule has 3 nitrogen and oxygen atoms in total. The van der Waals surface area contributed by atoms with E-state index in [1.165, 1.54) is 0 Å². The third-order valence-electron chi connectivity index (χ3n) is 2.82.